The molecule has 2 amide bonds. The molecule has 0 saturated heterocycles. The van der Waals surface area contributed by atoms with E-state index in [1.165, 1.54) is 0 Å². The van der Waals surface area contributed by atoms with Gasteiger partial charge in [0, 0.05) is 19.3 Å². The third-order valence-electron chi connectivity index (χ3n) is 2.66. The van der Waals surface area contributed by atoms with Gasteiger partial charge in [-0.2, -0.15) is 0 Å². The Bertz CT molecular complexity index is 504. The molecule has 1 aliphatic rings. The Kier molecular flexibility index (Phi) is 4.91. The molecule has 3 N–H and O–H groups in total. The molecule has 0 fully saturated rings. The lowest BCUT2D eigenvalue weighted by Crippen LogP contribution is -2.30. The van der Waals surface area contributed by atoms with Crippen LogP contribution in [0.2, 0.25) is 0 Å². The predicted octanol–water partition coefficient (Wildman–Crippen LogP) is 0.192. The smallest absolute Gasteiger partial charge is 0.262 e. The standard InChI is InChI=1S/C13H17N3O4/c1-19-5-4-14-7-12(17)15-9-2-3-11-10(6-9)16-13(18)8-20-11/h2-3,6,14H,4-5,7-8H2,1H3,(H,15,17)(H,16,18). The highest BCUT2D eigenvalue weighted by Crippen LogP contribution is 2.30. The van der Waals surface area contributed by atoms with Crippen LogP contribution in [0.15, 0.2) is 18.2 Å². The van der Waals surface area contributed by atoms with Gasteiger partial charge in [-0.1, -0.05) is 0 Å². The number of nitrogens with one attached hydrogen (secondary N) is 3. The van der Waals surface area contributed by atoms with Crippen molar-refractivity contribution in [1.82, 2.24) is 5.32 Å². The highest BCUT2D eigenvalue weighted by atomic mass is 16.5. The molecule has 1 aromatic rings. The summed E-state index contributed by atoms with van der Waals surface area (Å²) in [6.07, 6.45) is 0. The SMILES string of the molecule is COCCNCC(=O)Nc1ccc2c(c1)NC(=O)CO2. The van der Waals surface area contributed by atoms with Crippen molar-refractivity contribution in [3.8, 4) is 5.75 Å². The summed E-state index contributed by atoms with van der Waals surface area (Å²) in [7, 11) is 1.60. The fourth-order valence-corrected chi connectivity index (χ4v) is 1.74. The van der Waals surface area contributed by atoms with E-state index in [1.807, 2.05) is 0 Å². The van der Waals surface area contributed by atoms with Crippen LogP contribution in [0.25, 0.3) is 0 Å². The van der Waals surface area contributed by atoms with E-state index in [0.29, 0.717) is 30.3 Å². The van der Waals surface area contributed by atoms with Crippen molar-refractivity contribution in [3.05, 3.63) is 18.2 Å². The Balaban J connectivity index is 1.88. The molecular formula is C13H17N3O4. The summed E-state index contributed by atoms with van der Waals surface area (Å²) in [5, 5.41) is 8.36. The molecule has 0 unspecified atom stereocenters. The normalized spacial score (nSPS) is 13.2. The molecule has 0 radical (unpaired) electrons. The van der Waals surface area contributed by atoms with E-state index in [0.717, 1.165) is 0 Å². The molecule has 108 valence electrons. The van der Waals surface area contributed by atoms with Crippen molar-refractivity contribution in [2.45, 2.75) is 0 Å². The zero-order valence-electron chi connectivity index (χ0n) is 11.2. The number of amides is 2. The van der Waals surface area contributed by atoms with E-state index in [2.05, 4.69) is 16.0 Å². The number of fused-ring (bicyclic) bond motifs is 1. The average Bonchev–Trinajstić information content (AvgIpc) is 2.43. The maximum atomic E-state index is 11.7. The van der Waals surface area contributed by atoms with Crippen LogP contribution in [-0.2, 0) is 14.3 Å². The van der Waals surface area contributed by atoms with Crippen molar-refractivity contribution in [2.24, 2.45) is 0 Å². The van der Waals surface area contributed by atoms with Gasteiger partial charge in [-0.3, -0.25) is 9.59 Å². The summed E-state index contributed by atoms with van der Waals surface area (Å²) in [6, 6.07) is 5.10. The van der Waals surface area contributed by atoms with Gasteiger partial charge in [-0.15, -0.1) is 0 Å². The molecule has 20 heavy (non-hydrogen) atoms. The van der Waals surface area contributed by atoms with Crippen molar-refractivity contribution >= 4 is 23.2 Å². The summed E-state index contributed by atoms with van der Waals surface area (Å²) in [5.41, 5.74) is 1.17. The molecule has 0 saturated carbocycles. The van der Waals surface area contributed by atoms with Gasteiger partial charge in [-0.05, 0) is 18.2 Å². The lowest BCUT2D eigenvalue weighted by atomic mass is 10.2. The summed E-state index contributed by atoms with van der Waals surface area (Å²) in [4.78, 5) is 22.9. The largest absolute Gasteiger partial charge is 0.482 e. The zero-order valence-corrected chi connectivity index (χ0v) is 11.2. The highest BCUT2D eigenvalue weighted by molar-refractivity contribution is 5.97. The third-order valence-corrected chi connectivity index (χ3v) is 2.66. The molecule has 0 aliphatic carbocycles. The molecule has 7 nitrogen and oxygen atoms in total. The van der Waals surface area contributed by atoms with Crippen LogP contribution in [0.4, 0.5) is 11.4 Å². The highest BCUT2D eigenvalue weighted by Gasteiger charge is 2.16. The third kappa shape index (κ3) is 3.94. The second kappa shape index (κ2) is 6.88. The van der Waals surface area contributed by atoms with E-state index in [1.54, 1.807) is 25.3 Å². The number of ether oxygens (including phenoxy) is 2. The van der Waals surface area contributed by atoms with Crippen LogP contribution in [0, 0.1) is 0 Å². The second-order valence-corrected chi connectivity index (χ2v) is 4.27. The zero-order chi connectivity index (χ0) is 14.4. The molecule has 0 spiro atoms. The van der Waals surface area contributed by atoms with E-state index < -0.39 is 0 Å². The molecule has 1 heterocycles. The van der Waals surface area contributed by atoms with E-state index in [-0.39, 0.29) is 25.0 Å². The fourth-order valence-electron chi connectivity index (χ4n) is 1.74. The summed E-state index contributed by atoms with van der Waals surface area (Å²) in [5.74, 6) is 0.229. The second-order valence-electron chi connectivity index (χ2n) is 4.27. The molecule has 2 rings (SSSR count). The van der Waals surface area contributed by atoms with Crippen LogP contribution in [0.3, 0.4) is 0 Å². The van der Waals surface area contributed by atoms with Crippen LogP contribution in [-0.4, -0.2) is 45.2 Å². The maximum absolute atomic E-state index is 11.7. The van der Waals surface area contributed by atoms with Crippen molar-refractivity contribution in [1.29, 1.82) is 0 Å². The maximum Gasteiger partial charge on any atom is 0.262 e. The summed E-state index contributed by atoms with van der Waals surface area (Å²) in [6.45, 7) is 1.37. The Labute approximate surface area is 116 Å². The van der Waals surface area contributed by atoms with Gasteiger partial charge in [0.1, 0.15) is 5.75 Å². The summed E-state index contributed by atoms with van der Waals surface area (Å²) < 4.78 is 10.1. The minimum absolute atomic E-state index is 0.0160. The first-order valence-electron chi connectivity index (χ1n) is 6.25. The number of hydrogen-bond acceptors (Lipinski definition) is 5. The van der Waals surface area contributed by atoms with Crippen LogP contribution >= 0.6 is 0 Å². The van der Waals surface area contributed by atoms with Gasteiger partial charge in [0.2, 0.25) is 5.91 Å². The number of benzene rings is 1. The van der Waals surface area contributed by atoms with Gasteiger partial charge >= 0.3 is 0 Å². The van der Waals surface area contributed by atoms with Gasteiger partial charge in [0.05, 0.1) is 18.8 Å². The van der Waals surface area contributed by atoms with E-state index in [9.17, 15) is 9.59 Å². The number of anilines is 2. The number of carbonyl (C=O) groups is 2. The number of carbonyl (C=O) groups excluding carboxylic acids is 2. The average molecular weight is 279 g/mol. The molecule has 1 aromatic carbocycles. The summed E-state index contributed by atoms with van der Waals surface area (Å²) >= 11 is 0. The van der Waals surface area contributed by atoms with Crippen LogP contribution < -0.4 is 20.7 Å². The Hall–Kier alpha value is -2.12. The molecule has 0 bridgehead atoms. The Morgan fingerprint density at radius 1 is 1.50 bits per heavy atom. The van der Waals surface area contributed by atoms with Gasteiger partial charge in [-0.25, -0.2) is 0 Å². The van der Waals surface area contributed by atoms with Gasteiger partial charge in [0.15, 0.2) is 6.61 Å². The van der Waals surface area contributed by atoms with Gasteiger partial charge in [0.25, 0.3) is 5.91 Å². The minimum Gasteiger partial charge on any atom is -0.482 e. The fraction of sp³-hybridized carbons (Fsp3) is 0.385. The molecule has 7 heteroatoms. The molecular weight excluding hydrogens is 262 g/mol. The van der Waals surface area contributed by atoms with E-state index >= 15 is 0 Å². The first-order valence-corrected chi connectivity index (χ1v) is 6.25. The van der Waals surface area contributed by atoms with Crippen molar-refractivity contribution in [2.75, 3.05) is 44.0 Å². The minimum atomic E-state index is -0.206. The molecule has 0 atom stereocenters. The lowest BCUT2D eigenvalue weighted by Gasteiger charge is -2.18. The van der Waals surface area contributed by atoms with E-state index in [4.69, 9.17) is 9.47 Å². The van der Waals surface area contributed by atoms with Crippen molar-refractivity contribution in [3.63, 3.8) is 0 Å². The Morgan fingerprint density at radius 3 is 3.15 bits per heavy atom. The first-order chi connectivity index (χ1) is 9.69. The van der Waals surface area contributed by atoms with Crippen LogP contribution in [0.1, 0.15) is 0 Å². The molecule has 1 aliphatic heterocycles. The monoisotopic (exact) mass is 279 g/mol. The number of rotatable bonds is 6. The lowest BCUT2D eigenvalue weighted by molar-refractivity contribution is -0.118. The quantitative estimate of drug-likeness (QED) is 0.647. The topological polar surface area (TPSA) is 88.7 Å². The Morgan fingerprint density at radius 2 is 2.35 bits per heavy atom. The van der Waals surface area contributed by atoms with Crippen molar-refractivity contribution < 1.29 is 19.1 Å². The molecule has 0 aromatic heterocycles. The predicted molar refractivity (Wildman–Crippen MR) is 73.9 cm³/mol. The van der Waals surface area contributed by atoms with Crippen LogP contribution in [0.5, 0.6) is 5.75 Å². The number of methoxy groups -OCH3 is 1. The number of hydrogen-bond donors (Lipinski definition) is 3. The first kappa shape index (κ1) is 14.3. The van der Waals surface area contributed by atoms with Gasteiger partial charge < -0.3 is 25.4 Å².